The molecule has 0 bridgehead atoms. The van der Waals surface area contributed by atoms with Crippen LogP contribution in [-0.2, 0) is 17.9 Å². The summed E-state index contributed by atoms with van der Waals surface area (Å²) in [6, 6.07) is 52.8. The van der Waals surface area contributed by atoms with Gasteiger partial charge in [0.25, 0.3) is 0 Å². The summed E-state index contributed by atoms with van der Waals surface area (Å²) < 4.78 is 103. The summed E-state index contributed by atoms with van der Waals surface area (Å²) in [4.78, 5) is 0. The molecule has 0 N–H and O–H groups in total. The Bertz CT molecular complexity index is 3840. The molecule has 356 valence electrons. The molecule has 0 aliphatic heterocycles. The van der Waals surface area contributed by atoms with Crippen molar-refractivity contribution in [3.8, 4) is 33.6 Å². The summed E-state index contributed by atoms with van der Waals surface area (Å²) in [7, 11) is 0. The highest BCUT2D eigenvalue weighted by atomic mass is 19.4. The molecular weight excluding hydrogens is 913 g/mol. The van der Waals surface area contributed by atoms with Gasteiger partial charge in [0.1, 0.15) is 0 Å². The molecule has 3 heterocycles. The van der Waals surface area contributed by atoms with Crippen LogP contribution in [0.4, 0.5) is 26.3 Å². The summed E-state index contributed by atoms with van der Waals surface area (Å²) in [5, 5.41) is 5.36. The van der Waals surface area contributed by atoms with E-state index >= 15 is 26.3 Å². The fourth-order valence-corrected chi connectivity index (χ4v) is 11.7. The number of rotatable bonds is 6. The van der Waals surface area contributed by atoms with Gasteiger partial charge in [-0.3, -0.25) is 0 Å². The highest BCUT2D eigenvalue weighted by Crippen LogP contribution is 2.55. The number of nitrogens with zero attached hydrogens (tertiary/aromatic N) is 3. The Morgan fingerprint density at radius 1 is 0.333 bits per heavy atom. The molecule has 0 aliphatic carbocycles. The maximum absolute atomic E-state index is 16.1. The molecule has 0 spiro atoms. The zero-order valence-corrected chi connectivity index (χ0v) is 40.4. The fourth-order valence-electron chi connectivity index (χ4n) is 11.7. The number of halogens is 6. The quantitative estimate of drug-likeness (QED) is 0.148. The number of aromatic nitrogens is 3. The van der Waals surface area contributed by atoms with Crippen molar-refractivity contribution < 1.29 is 26.3 Å². The van der Waals surface area contributed by atoms with Gasteiger partial charge in [-0.05, 0) is 137 Å². The van der Waals surface area contributed by atoms with Gasteiger partial charge in [0.15, 0.2) is 0 Å². The van der Waals surface area contributed by atoms with Crippen LogP contribution in [0.15, 0.2) is 176 Å². The van der Waals surface area contributed by atoms with Gasteiger partial charge in [0.2, 0.25) is 0 Å². The van der Waals surface area contributed by atoms with Crippen LogP contribution in [0.2, 0.25) is 0 Å². The molecule has 0 saturated carbocycles. The van der Waals surface area contributed by atoms with E-state index in [1.165, 1.54) is 24.3 Å². The minimum absolute atomic E-state index is 0.151. The van der Waals surface area contributed by atoms with Crippen molar-refractivity contribution in [2.24, 2.45) is 0 Å². The average Bonchev–Trinajstić information content (AvgIpc) is 3.97. The summed E-state index contributed by atoms with van der Waals surface area (Å²) >= 11 is 0. The van der Waals surface area contributed by atoms with Gasteiger partial charge >= 0.3 is 12.4 Å². The molecule has 12 rings (SSSR count). The number of alkyl halides is 6. The highest BCUT2D eigenvalue weighted by Gasteiger charge is 2.43. The Morgan fingerprint density at radius 3 is 1.00 bits per heavy atom. The second-order valence-electron chi connectivity index (χ2n) is 19.8. The monoisotopic (exact) mass is 959 g/mol. The second kappa shape index (κ2) is 16.0. The Hall–Kier alpha value is -8.04. The smallest absolute Gasteiger partial charge is 0.331 e. The number of hydrogen-bond donors (Lipinski definition) is 0. The third-order valence-corrected chi connectivity index (χ3v) is 14.7. The molecule has 3 nitrogen and oxygen atoms in total. The molecular formula is C63H47F6N3. The van der Waals surface area contributed by atoms with E-state index < -0.39 is 29.0 Å². The van der Waals surface area contributed by atoms with Crippen LogP contribution in [0.25, 0.3) is 99.0 Å². The fraction of sp³-hybridized carbons (Fsp3) is 0.143. The van der Waals surface area contributed by atoms with Crippen LogP contribution < -0.4 is 0 Å². The number of aryl methyl sites for hydroxylation is 4. The predicted octanol–water partition coefficient (Wildman–Crippen LogP) is 18.4. The molecule has 9 aromatic carbocycles. The zero-order valence-electron chi connectivity index (χ0n) is 40.4. The molecule has 0 aliphatic rings. The minimum Gasteiger partial charge on any atom is -0.331 e. The van der Waals surface area contributed by atoms with E-state index in [-0.39, 0.29) is 27.8 Å². The van der Waals surface area contributed by atoms with Crippen LogP contribution in [0.1, 0.15) is 52.8 Å². The number of benzene rings is 9. The first-order valence-electron chi connectivity index (χ1n) is 24.0. The van der Waals surface area contributed by atoms with E-state index in [0.717, 1.165) is 99.8 Å². The lowest BCUT2D eigenvalue weighted by Crippen LogP contribution is -2.31. The van der Waals surface area contributed by atoms with Gasteiger partial charge in [-0.1, -0.05) is 119 Å². The Balaban J connectivity index is 1.43. The maximum Gasteiger partial charge on any atom is 0.417 e. The zero-order chi connectivity index (χ0) is 50.2. The summed E-state index contributed by atoms with van der Waals surface area (Å²) in [5.41, 5.74) is 6.20. The molecule has 12 aromatic rings. The minimum atomic E-state index is -4.87. The Morgan fingerprint density at radius 2 is 0.653 bits per heavy atom. The topological polar surface area (TPSA) is 14.8 Å². The van der Waals surface area contributed by atoms with Crippen LogP contribution in [0.3, 0.4) is 0 Å². The molecule has 72 heavy (non-hydrogen) atoms. The van der Waals surface area contributed by atoms with Crippen molar-refractivity contribution in [1.29, 1.82) is 0 Å². The summed E-state index contributed by atoms with van der Waals surface area (Å²) in [6.07, 6.45) is -9.75. The van der Waals surface area contributed by atoms with Crippen molar-refractivity contribution in [2.75, 3.05) is 0 Å². The third kappa shape index (κ3) is 6.80. The van der Waals surface area contributed by atoms with E-state index in [1.807, 2.05) is 154 Å². The van der Waals surface area contributed by atoms with E-state index in [4.69, 9.17) is 0 Å². The molecule has 0 saturated heterocycles. The maximum atomic E-state index is 16.1. The molecule has 3 aromatic heterocycles. The lowest BCUT2D eigenvalue weighted by Gasteiger charge is -2.37. The Labute approximate surface area is 411 Å². The van der Waals surface area contributed by atoms with Crippen molar-refractivity contribution in [3.63, 3.8) is 0 Å². The van der Waals surface area contributed by atoms with Crippen LogP contribution >= 0.6 is 0 Å². The molecule has 0 fully saturated rings. The number of para-hydroxylation sites is 2. The lowest BCUT2D eigenvalue weighted by atomic mass is 9.77. The average molecular weight is 960 g/mol. The van der Waals surface area contributed by atoms with Gasteiger partial charge in [-0.15, -0.1) is 0 Å². The number of hydrogen-bond acceptors (Lipinski definition) is 0. The summed E-state index contributed by atoms with van der Waals surface area (Å²) in [5.74, 6) is 0. The first-order chi connectivity index (χ1) is 34.4. The summed E-state index contributed by atoms with van der Waals surface area (Å²) in [6.45, 7) is 11.9. The highest BCUT2D eigenvalue weighted by molar-refractivity contribution is 6.13. The molecule has 9 heteroatoms. The first-order valence-corrected chi connectivity index (χ1v) is 24.0. The van der Waals surface area contributed by atoms with Crippen LogP contribution in [0, 0.1) is 27.7 Å². The third-order valence-electron chi connectivity index (χ3n) is 14.7. The van der Waals surface area contributed by atoms with E-state index in [0.29, 0.717) is 11.4 Å². The molecule has 0 radical (unpaired) electrons. The van der Waals surface area contributed by atoms with E-state index in [2.05, 4.69) is 28.8 Å². The van der Waals surface area contributed by atoms with Gasteiger partial charge in [-0.25, -0.2) is 0 Å². The molecule has 0 unspecified atom stereocenters. The Kier molecular flexibility index (Phi) is 10.0. The van der Waals surface area contributed by atoms with Crippen LogP contribution in [-0.4, -0.2) is 13.7 Å². The standard InChI is InChI=1S/C63H47F6N3/c1-36-23-27-50-44(31-36)45-32-37(2)24-28-51(45)70(50)56-35-57(71-52-29-25-38(3)33-46(52)47-34-39(4)26-30-53(47)71)59(43-18-8-12-20-49(43)63(67,68)69)60(58(56)42-17-7-11-19-48(42)62(64,65)66)61(5,6)72-54-21-13-9-15-40(54)41-16-10-14-22-55(41)72/h7-35H,1-6H3. The lowest BCUT2D eigenvalue weighted by molar-refractivity contribution is -0.137. The van der Waals surface area contributed by atoms with Crippen molar-refractivity contribution in [1.82, 2.24) is 13.7 Å². The van der Waals surface area contributed by atoms with Gasteiger partial charge < -0.3 is 13.7 Å². The largest absolute Gasteiger partial charge is 0.417 e. The number of fused-ring (bicyclic) bond motifs is 9. The van der Waals surface area contributed by atoms with Gasteiger partial charge in [-0.2, -0.15) is 26.3 Å². The van der Waals surface area contributed by atoms with E-state index in [1.54, 1.807) is 12.1 Å². The van der Waals surface area contributed by atoms with Crippen molar-refractivity contribution >= 4 is 65.4 Å². The van der Waals surface area contributed by atoms with E-state index in [9.17, 15) is 0 Å². The van der Waals surface area contributed by atoms with Gasteiger partial charge in [0, 0.05) is 54.5 Å². The second-order valence-corrected chi connectivity index (χ2v) is 19.8. The predicted molar refractivity (Wildman–Crippen MR) is 283 cm³/mol. The van der Waals surface area contributed by atoms with Crippen molar-refractivity contribution in [3.05, 3.63) is 215 Å². The molecule has 0 amide bonds. The first kappa shape index (κ1) is 45.1. The molecule has 0 atom stereocenters. The normalized spacial score (nSPS) is 12.7. The van der Waals surface area contributed by atoms with Crippen molar-refractivity contribution in [2.45, 2.75) is 59.4 Å². The SMILES string of the molecule is Cc1ccc2c(c1)c1cc(C)ccc1n2-c1cc(-n2c3ccc(C)cc3c3cc(C)ccc32)c(-c2ccccc2C(F)(F)F)c(C(C)(C)n2c3ccccc3c3ccccc32)c1-c1ccccc1C(F)(F)F. The van der Waals surface area contributed by atoms with Crippen LogP contribution in [0.5, 0.6) is 0 Å². The van der Waals surface area contributed by atoms with Gasteiger partial charge in [0.05, 0.1) is 50.1 Å².